The summed E-state index contributed by atoms with van der Waals surface area (Å²) < 4.78 is 26.0. The van der Waals surface area contributed by atoms with Gasteiger partial charge < -0.3 is 5.32 Å². The minimum atomic E-state index is -0.391. The molecule has 0 spiro atoms. The van der Waals surface area contributed by atoms with Crippen LogP contribution < -0.4 is 5.32 Å². The smallest absolute Gasteiger partial charge is 0.251 e. The molecular formula is C19H14F2N2O. The molecule has 0 aliphatic heterocycles. The molecule has 0 saturated carbocycles. The predicted octanol–water partition coefficient (Wildman–Crippen LogP) is 3.96. The molecule has 0 bridgehead atoms. The zero-order valence-electron chi connectivity index (χ0n) is 12.7. The minimum absolute atomic E-state index is 0.261. The summed E-state index contributed by atoms with van der Waals surface area (Å²) in [5.41, 5.74) is 2.63. The molecule has 3 rings (SSSR count). The zero-order chi connectivity index (χ0) is 16.9. The first-order valence-corrected chi connectivity index (χ1v) is 7.37. The molecule has 120 valence electrons. The topological polar surface area (TPSA) is 42.0 Å². The van der Waals surface area contributed by atoms with E-state index in [1.54, 1.807) is 24.4 Å². The molecule has 2 aromatic carbocycles. The van der Waals surface area contributed by atoms with E-state index in [0.717, 1.165) is 11.1 Å². The number of rotatable bonds is 4. The van der Waals surface area contributed by atoms with E-state index >= 15 is 0 Å². The average Bonchev–Trinajstić information content (AvgIpc) is 2.61. The van der Waals surface area contributed by atoms with Crippen LogP contribution in [0.3, 0.4) is 0 Å². The molecule has 1 N–H and O–H groups in total. The Kier molecular flexibility index (Phi) is 4.61. The van der Waals surface area contributed by atoms with Gasteiger partial charge in [0.1, 0.15) is 11.6 Å². The Morgan fingerprint density at radius 3 is 2.21 bits per heavy atom. The van der Waals surface area contributed by atoms with Crippen molar-refractivity contribution in [2.45, 2.75) is 6.54 Å². The summed E-state index contributed by atoms with van der Waals surface area (Å²) in [6.45, 7) is 0.261. The Morgan fingerprint density at radius 1 is 0.917 bits per heavy atom. The number of benzene rings is 2. The molecule has 0 radical (unpaired) electrons. The van der Waals surface area contributed by atoms with Crippen LogP contribution in [0.25, 0.3) is 11.3 Å². The highest BCUT2D eigenvalue weighted by molar-refractivity contribution is 5.94. The van der Waals surface area contributed by atoms with Gasteiger partial charge in [-0.15, -0.1) is 0 Å². The maximum absolute atomic E-state index is 13.1. The van der Waals surface area contributed by atoms with Crippen molar-refractivity contribution in [2.75, 3.05) is 0 Å². The summed E-state index contributed by atoms with van der Waals surface area (Å²) >= 11 is 0. The molecule has 0 aliphatic rings. The molecule has 24 heavy (non-hydrogen) atoms. The van der Waals surface area contributed by atoms with Crippen molar-refractivity contribution in [2.24, 2.45) is 0 Å². The fraction of sp³-hybridized carbons (Fsp3) is 0.0526. The highest BCUT2D eigenvalue weighted by Crippen LogP contribution is 2.21. The lowest BCUT2D eigenvalue weighted by Crippen LogP contribution is -2.23. The van der Waals surface area contributed by atoms with E-state index in [1.165, 1.54) is 36.4 Å². The fourth-order valence-corrected chi connectivity index (χ4v) is 2.33. The minimum Gasteiger partial charge on any atom is -0.348 e. The molecule has 0 aliphatic carbocycles. The van der Waals surface area contributed by atoms with Crippen LogP contribution in [0.15, 0.2) is 66.9 Å². The second-order valence-electron chi connectivity index (χ2n) is 5.21. The molecule has 0 saturated heterocycles. The predicted molar refractivity (Wildman–Crippen MR) is 87.2 cm³/mol. The molecule has 0 unspecified atom stereocenters. The number of pyridine rings is 1. The van der Waals surface area contributed by atoms with Gasteiger partial charge in [0, 0.05) is 23.9 Å². The van der Waals surface area contributed by atoms with Crippen LogP contribution in [-0.2, 0) is 6.54 Å². The summed E-state index contributed by atoms with van der Waals surface area (Å²) in [6, 6.07) is 15.0. The van der Waals surface area contributed by atoms with Crippen LogP contribution in [0.4, 0.5) is 8.78 Å². The Labute approximate surface area is 138 Å². The number of nitrogens with one attached hydrogen (secondary N) is 1. The normalized spacial score (nSPS) is 10.4. The zero-order valence-corrected chi connectivity index (χ0v) is 12.7. The number of aromatic nitrogens is 1. The molecule has 0 fully saturated rings. The second-order valence-corrected chi connectivity index (χ2v) is 5.21. The first kappa shape index (κ1) is 15.8. The number of hydrogen-bond donors (Lipinski definition) is 1. The SMILES string of the molecule is O=C(NCc1cccnc1-c1ccc(F)cc1)c1ccc(F)cc1. The molecule has 1 heterocycles. The van der Waals surface area contributed by atoms with Gasteiger partial charge in [0.2, 0.25) is 0 Å². The van der Waals surface area contributed by atoms with Gasteiger partial charge >= 0.3 is 0 Å². The average molecular weight is 324 g/mol. The molecule has 0 atom stereocenters. The van der Waals surface area contributed by atoms with Gasteiger partial charge in [-0.2, -0.15) is 0 Å². The second kappa shape index (κ2) is 7.00. The van der Waals surface area contributed by atoms with E-state index in [1.807, 2.05) is 6.07 Å². The summed E-state index contributed by atoms with van der Waals surface area (Å²) in [7, 11) is 0. The largest absolute Gasteiger partial charge is 0.348 e. The van der Waals surface area contributed by atoms with Crippen LogP contribution in [0.2, 0.25) is 0 Å². The van der Waals surface area contributed by atoms with Crippen molar-refractivity contribution in [3.8, 4) is 11.3 Å². The molecule has 3 nitrogen and oxygen atoms in total. The summed E-state index contributed by atoms with van der Waals surface area (Å²) in [4.78, 5) is 16.4. The highest BCUT2D eigenvalue weighted by atomic mass is 19.1. The lowest BCUT2D eigenvalue weighted by atomic mass is 10.1. The number of carbonyl (C=O) groups excluding carboxylic acids is 1. The van der Waals surface area contributed by atoms with Crippen molar-refractivity contribution in [1.29, 1.82) is 0 Å². The highest BCUT2D eigenvalue weighted by Gasteiger charge is 2.09. The van der Waals surface area contributed by atoms with Crippen molar-refractivity contribution in [3.05, 3.63) is 89.6 Å². The van der Waals surface area contributed by atoms with Crippen LogP contribution in [-0.4, -0.2) is 10.9 Å². The van der Waals surface area contributed by atoms with Crippen molar-refractivity contribution in [1.82, 2.24) is 10.3 Å². The Hall–Kier alpha value is -3.08. The van der Waals surface area contributed by atoms with Crippen LogP contribution in [0.1, 0.15) is 15.9 Å². The summed E-state index contributed by atoms with van der Waals surface area (Å²) in [6.07, 6.45) is 1.64. The van der Waals surface area contributed by atoms with Gasteiger partial charge in [-0.1, -0.05) is 6.07 Å². The third-order valence-corrected chi connectivity index (χ3v) is 3.55. The van der Waals surface area contributed by atoms with E-state index < -0.39 is 5.82 Å². The fourth-order valence-electron chi connectivity index (χ4n) is 2.33. The van der Waals surface area contributed by atoms with E-state index in [-0.39, 0.29) is 18.3 Å². The maximum atomic E-state index is 13.1. The quantitative estimate of drug-likeness (QED) is 0.789. The van der Waals surface area contributed by atoms with E-state index in [0.29, 0.717) is 11.3 Å². The van der Waals surface area contributed by atoms with Gasteiger partial charge in [-0.05, 0) is 60.2 Å². The standard InChI is InChI=1S/C19H14F2N2O/c20-16-7-3-13(4-8-16)18-15(2-1-11-22-18)12-23-19(24)14-5-9-17(21)10-6-14/h1-11H,12H2,(H,23,24). The van der Waals surface area contributed by atoms with Crippen molar-refractivity contribution < 1.29 is 13.6 Å². The van der Waals surface area contributed by atoms with Crippen LogP contribution >= 0.6 is 0 Å². The Balaban J connectivity index is 1.77. The maximum Gasteiger partial charge on any atom is 0.251 e. The van der Waals surface area contributed by atoms with Crippen molar-refractivity contribution in [3.63, 3.8) is 0 Å². The lowest BCUT2D eigenvalue weighted by Gasteiger charge is -2.10. The number of amides is 1. The summed E-state index contributed by atoms with van der Waals surface area (Å²) in [5, 5.41) is 2.78. The van der Waals surface area contributed by atoms with Gasteiger partial charge in [0.25, 0.3) is 5.91 Å². The van der Waals surface area contributed by atoms with Gasteiger partial charge in [0.05, 0.1) is 5.69 Å². The number of carbonyl (C=O) groups is 1. The van der Waals surface area contributed by atoms with Gasteiger partial charge in [-0.25, -0.2) is 8.78 Å². The number of halogens is 2. The first-order chi connectivity index (χ1) is 11.6. The van der Waals surface area contributed by atoms with E-state index in [9.17, 15) is 13.6 Å². The molecule has 1 aromatic heterocycles. The summed E-state index contributed by atoms with van der Waals surface area (Å²) in [5.74, 6) is -1.01. The Morgan fingerprint density at radius 2 is 1.54 bits per heavy atom. The number of hydrogen-bond acceptors (Lipinski definition) is 2. The van der Waals surface area contributed by atoms with Crippen molar-refractivity contribution >= 4 is 5.91 Å². The van der Waals surface area contributed by atoms with Gasteiger partial charge in [-0.3, -0.25) is 9.78 Å². The van der Waals surface area contributed by atoms with Crippen LogP contribution in [0.5, 0.6) is 0 Å². The molecule has 3 aromatic rings. The first-order valence-electron chi connectivity index (χ1n) is 7.37. The monoisotopic (exact) mass is 324 g/mol. The lowest BCUT2D eigenvalue weighted by molar-refractivity contribution is 0.0951. The molecule has 5 heteroatoms. The molecule has 1 amide bonds. The van der Waals surface area contributed by atoms with E-state index in [4.69, 9.17) is 0 Å². The van der Waals surface area contributed by atoms with Gasteiger partial charge in [0.15, 0.2) is 0 Å². The Bertz CT molecular complexity index is 846. The number of nitrogens with zero attached hydrogens (tertiary/aromatic N) is 1. The third kappa shape index (κ3) is 3.63. The van der Waals surface area contributed by atoms with E-state index in [2.05, 4.69) is 10.3 Å². The molecular weight excluding hydrogens is 310 g/mol. The van der Waals surface area contributed by atoms with Crippen LogP contribution in [0, 0.1) is 11.6 Å². The third-order valence-electron chi connectivity index (χ3n) is 3.55.